The van der Waals surface area contributed by atoms with E-state index < -0.39 is 11.4 Å². The van der Waals surface area contributed by atoms with Gasteiger partial charge in [0.2, 0.25) is 0 Å². The molecule has 0 aromatic heterocycles. The van der Waals surface area contributed by atoms with E-state index in [-0.39, 0.29) is 28.8 Å². The van der Waals surface area contributed by atoms with Crippen molar-refractivity contribution in [3.63, 3.8) is 0 Å². The van der Waals surface area contributed by atoms with Crippen molar-refractivity contribution >= 4 is 11.8 Å². The van der Waals surface area contributed by atoms with Crippen LogP contribution < -0.4 is 0 Å². The topological polar surface area (TPSA) is 74.6 Å². The van der Waals surface area contributed by atoms with Crippen LogP contribution in [-0.4, -0.2) is 22.0 Å². The van der Waals surface area contributed by atoms with E-state index in [0.717, 1.165) is 44.1 Å². The number of aliphatic hydroxyl groups excluding tert-OH is 1. The largest absolute Gasteiger partial charge is 0.508 e. The molecule has 4 rings (SSSR count). The third-order valence-electron chi connectivity index (χ3n) is 8.00. The molecule has 4 aliphatic rings. The lowest BCUT2D eigenvalue weighted by Crippen LogP contribution is -2.53. The van der Waals surface area contributed by atoms with Gasteiger partial charge in [-0.05, 0) is 74.7 Å². The highest BCUT2D eigenvalue weighted by Gasteiger charge is 2.61. The van der Waals surface area contributed by atoms with Crippen LogP contribution >= 0.6 is 0 Å². The van der Waals surface area contributed by atoms with E-state index >= 15 is 0 Å². The lowest BCUT2D eigenvalue weighted by atomic mass is 9.47. The number of carboxylic acids is 1. The highest BCUT2D eigenvalue weighted by Crippen LogP contribution is 2.65. The van der Waals surface area contributed by atoms with Gasteiger partial charge in [0.05, 0.1) is 11.3 Å². The molecular weight excluding hydrogens is 304 g/mol. The molecular formula is C20H26O4. The van der Waals surface area contributed by atoms with Gasteiger partial charge in [-0.2, -0.15) is 0 Å². The predicted octanol–water partition coefficient (Wildman–Crippen LogP) is 3.88. The van der Waals surface area contributed by atoms with E-state index in [1.165, 1.54) is 6.08 Å². The summed E-state index contributed by atoms with van der Waals surface area (Å²) in [6.45, 7) is 4.22. The fraction of sp³-hybridized carbons (Fsp3) is 0.700. The molecule has 24 heavy (non-hydrogen) atoms. The van der Waals surface area contributed by atoms with Crippen LogP contribution in [0.5, 0.6) is 0 Å². The summed E-state index contributed by atoms with van der Waals surface area (Å²) in [5.74, 6) is 0.333. The van der Waals surface area contributed by atoms with E-state index in [9.17, 15) is 19.8 Å². The SMILES string of the molecule is C[C@]12C(=O)C=C(O)C=C1CC[C@@H]1[C@H]2CC[C@]2(C)C(C(=O)O)CC[C@@H]12. The predicted molar refractivity (Wildman–Crippen MR) is 89.3 cm³/mol. The van der Waals surface area contributed by atoms with Gasteiger partial charge in [0, 0.05) is 6.08 Å². The van der Waals surface area contributed by atoms with Gasteiger partial charge >= 0.3 is 5.97 Å². The summed E-state index contributed by atoms with van der Waals surface area (Å²) in [5.41, 5.74) is 0.447. The molecule has 0 amide bonds. The third-order valence-corrected chi connectivity index (χ3v) is 8.00. The zero-order valence-corrected chi connectivity index (χ0v) is 14.4. The van der Waals surface area contributed by atoms with Crippen molar-refractivity contribution < 1.29 is 19.8 Å². The smallest absolute Gasteiger partial charge is 0.307 e. The van der Waals surface area contributed by atoms with Gasteiger partial charge in [-0.3, -0.25) is 9.59 Å². The summed E-state index contributed by atoms with van der Waals surface area (Å²) >= 11 is 0. The van der Waals surface area contributed by atoms with Gasteiger partial charge in [0.25, 0.3) is 0 Å². The number of rotatable bonds is 1. The Morgan fingerprint density at radius 3 is 2.58 bits per heavy atom. The van der Waals surface area contributed by atoms with E-state index in [1.54, 1.807) is 6.08 Å². The monoisotopic (exact) mass is 330 g/mol. The van der Waals surface area contributed by atoms with Gasteiger partial charge in [0.15, 0.2) is 5.78 Å². The number of aliphatic carboxylic acids is 1. The molecule has 4 aliphatic carbocycles. The molecule has 130 valence electrons. The molecule has 0 aromatic carbocycles. The number of hydrogen-bond acceptors (Lipinski definition) is 3. The van der Waals surface area contributed by atoms with E-state index in [2.05, 4.69) is 6.92 Å². The minimum atomic E-state index is -0.650. The molecule has 0 saturated heterocycles. The van der Waals surface area contributed by atoms with Crippen LogP contribution in [0.2, 0.25) is 0 Å². The first-order chi connectivity index (χ1) is 11.3. The average Bonchev–Trinajstić information content (AvgIpc) is 2.86. The van der Waals surface area contributed by atoms with Crippen LogP contribution in [-0.2, 0) is 9.59 Å². The van der Waals surface area contributed by atoms with Crippen molar-refractivity contribution in [2.24, 2.45) is 34.5 Å². The summed E-state index contributed by atoms with van der Waals surface area (Å²) in [5, 5.41) is 19.4. The minimum absolute atomic E-state index is 0.0311. The number of ketones is 1. The molecule has 4 heteroatoms. The van der Waals surface area contributed by atoms with Crippen molar-refractivity contribution in [1.29, 1.82) is 0 Å². The summed E-state index contributed by atoms with van der Waals surface area (Å²) in [7, 11) is 0. The Morgan fingerprint density at radius 2 is 1.88 bits per heavy atom. The quantitative estimate of drug-likeness (QED) is 0.765. The Bertz CT molecular complexity index is 675. The molecule has 2 N–H and O–H groups in total. The highest BCUT2D eigenvalue weighted by molar-refractivity contribution is 5.99. The number of fused-ring (bicyclic) bond motifs is 5. The molecule has 0 aromatic rings. The maximum Gasteiger partial charge on any atom is 0.307 e. The van der Waals surface area contributed by atoms with Crippen LogP contribution in [0.3, 0.4) is 0 Å². The summed E-state index contributed by atoms with van der Waals surface area (Å²) in [6, 6.07) is 0. The number of carbonyl (C=O) groups is 2. The Labute approximate surface area is 142 Å². The van der Waals surface area contributed by atoms with E-state index in [4.69, 9.17) is 0 Å². The number of carboxylic acid groups (broad SMARTS) is 1. The first kappa shape index (κ1) is 15.9. The van der Waals surface area contributed by atoms with Crippen molar-refractivity contribution in [3.8, 4) is 0 Å². The molecule has 4 nitrogen and oxygen atoms in total. The lowest BCUT2D eigenvalue weighted by molar-refractivity contribution is -0.150. The summed E-state index contributed by atoms with van der Waals surface area (Å²) in [4.78, 5) is 24.5. The van der Waals surface area contributed by atoms with Gasteiger partial charge in [-0.1, -0.05) is 12.5 Å². The second-order valence-electron chi connectivity index (χ2n) is 8.73. The zero-order chi connectivity index (χ0) is 17.3. The number of allylic oxidation sites excluding steroid dienone is 3. The first-order valence-corrected chi connectivity index (χ1v) is 9.17. The maximum absolute atomic E-state index is 12.8. The van der Waals surface area contributed by atoms with Gasteiger partial charge in [-0.25, -0.2) is 0 Å². The van der Waals surface area contributed by atoms with E-state index in [1.807, 2.05) is 6.92 Å². The lowest BCUT2D eigenvalue weighted by Gasteiger charge is -2.56. The van der Waals surface area contributed by atoms with Gasteiger partial charge in [-0.15, -0.1) is 0 Å². The number of aliphatic hydroxyl groups is 1. The summed E-state index contributed by atoms with van der Waals surface area (Å²) in [6.07, 6.45) is 8.57. The first-order valence-electron chi connectivity index (χ1n) is 9.17. The van der Waals surface area contributed by atoms with Crippen LogP contribution in [0.15, 0.2) is 23.5 Å². The van der Waals surface area contributed by atoms with Crippen LogP contribution in [0.25, 0.3) is 0 Å². The second kappa shape index (κ2) is 4.96. The molecule has 0 aliphatic heterocycles. The van der Waals surface area contributed by atoms with Crippen molar-refractivity contribution in [3.05, 3.63) is 23.5 Å². The van der Waals surface area contributed by atoms with Crippen molar-refractivity contribution in [2.45, 2.75) is 52.4 Å². The van der Waals surface area contributed by atoms with E-state index in [0.29, 0.717) is 11.8 Å². The molecule has 0 spiro atoms. The molecule has 3 fully saturated rings. The Morgan fingerprint density at radius 1 is 1.12 bits per heavy atom. The normalized spacial score (nSPS) is 47.2. The van der Waals surface area contributed by atoms with Crippen LogP contribution in [0.1, 0.15) is 52.4 Å². The Kier molecular flexibility index (Phi) is 3.29. The maximum atomic E-state index is 12.8. The molecule has 0 bridgehead atoms. The number of hydrogen-bond donors (Lipinski definition) is 2. The molecule has 0 heterocycles. The average molecular weight is 330 g/mol. The molecule has 6 atom stereocenters. The Balaban J connectivity index is 1.71. The zero-order valence-electron chi connectivity index (χ0n) is 14.4. The fourth-order valence-corrected chi connectivity index (χ4v) is 6.70. The van der Waals surface area contributed by atoms with Crippen molar-refractivity contribution in [1.82, 2.24) is 0 Å². The van der Waals surface area contributed by atoms with Gasteiger partial charge < -0.3 is 10.2 Å². The van der Waals surface area contributed by atoms with Gasteiger partial charge in [0.1, 0.15) is 5.76 Å². The fourth-order valence-electron chi connectivity index (χ4n) is 6.70. The van der Waals surface area contributed by atoms with Crippen LogP contribution in [0.4, 0.5) is 0 Å². The highest BCUT2D eigenvalue weighted by atomic mass is 16.4. The van der Waals surface area contributed by atoms with Crippen LogP contribution in [0, 0.1) is 34.5 Å². The minimum Gasteiger partial charge on any atom is -0.508 e. The number of carbonyl (C=O) groups excluding carboxylic acids is 1. The molecule has 3 saturated carbocycles. The molecule has 0 radical (unpaired) electrons. The third kappa shape index (κ3) is 1.86. The standard InChI is InChI=1S/C20H26O4/c1-19-8-7-15-13(14(19)5-6-16(19)18(23)24)4-3-11-9-12(21)10-17(22)20(11,15)2/h9-10,13-16,21H,3-8H2,1-2H3,(H,23,24)/t13-,14-,15+,16?,19-,20-/m0/s1. The molecule has 1 unspecified atom stereocenters. The van der Waals surface area contributed by atoms with Crippen molar-refractivity contribution in [2.75, 3.05) is 0 Å². The Hall–Kier alpha value is -1.58. The summed E-state index contributed by atoms with van der Waals surface area (Å²) < 4.78 is 0. The second-order valence-corrected chi connectivity index (χ2v) is 8.73.